The van der Waals surface area contributed by atoms with Gasteiger partial charge in [-0.05, 0) is 26.7 Å². The summed E-state index contributed by atoms with van der Waals surface area (Å²) in [6.45, 7) is 4.76. The van der Waals surface area contributed by atoms with E-state index in [1.807, 2.05) is 13.8 Å². The number of piperidine rings is 1. The molecule has 0 aromatic carbocycles. The molecule has 1 spiro atoms. The number of hydrogen-bond acceptors (Lipinski definition) is 5. The highest BCUT2D eigenvalue weighted by atomic mass is 32.2. The Morgan fingerprint density at radius 1 is 1.09 bits per heavy atom. The molecule has 0 aromatic heterocycles. The van der Waals surface area contributed by atoms with Crippen LogP contribution in [0.4, 0.5) is 4.79 Å². The van der Waals surface area contributed by atoms with E-state index in [4.69, 9.17) is 4.74 Å². The molecular formula is C13H22N4O5S. The van der Waals surface area contributed by atoms with Gasteiger partial charge in [-0.2, -0.15) is 17.0 Å². The summed E-state index contributed by atoms with van der Waals surface area (Å²) in [6.07, 6.45) is 0.257. The van der Waals surface area contributed by atoms with Gasteiger partial charge in [0.25, 0.3) is 16.1 Å². The third-order valence-corrected chi connectivity index (χ3v) is 6.60. The van der Waals surface area contributed by atoms with E-state index < -0.39 is 21.8 Å². The second kappa shape index (κ2) is 5.69. The van der Waals surface area contributed by atoms with Gasteiger partial charge in [-0.25, -0.2) is 4.79 Å². The lowest BCUT2D eigenvalue weighted by Crippen LogP contribution is -2.59. The molecule has 0 radical (unpaired) electrons. The van der Waals surface area contributed by atoms with Crippen LogP contribution in [0.2, 0.25) is 0 Å². The predicted octanol–water partition coefficient (Wildman–Crippen LogP) is -0.986. The number of nitrogens with one attached hydrogen (secondary N) is 2. The van der Waals surface area contributed by atoms with E-state index in [-0.39, 0.29) is 44.0 Å². The highest BCUT2D eigenvalue weighted by Gasteiger charge is 2.50. The maximum atomic E-state index is 12.8. The Morgan fingerprint density at radius 2 is 1.65 bits per heavy atom. The fourth-order valence-corrected chi connectivity index (χ4v) is 5.23. The lowest BCUT2D eigenvalue weighted by molar-refractivity contribution is -0.125. The van der Waals surface area contributed by atoms with Gasteiger partial charge in [-0.3, -0.25) is 10.1 Å². The van der Waals surface area contributed by atoms with Crippen molar-refractivity contribution in [2.75, 3.05) is 26.2 Å². The predicted molar refractivity (Wildman–Crippen MR) is 80.7 cm³/mol. The van der Waals surface area contributed by atoms with Crippen molar-refractivity contribution in [3.63, 3.8) is 0 Å². The van der Waals surface area contributed by atoms with Gasteiger partial charge < -0.3 is 10.1 Å². The van der Waals surface area contributed by atoms with Crippen molar-refractivity contribution < 1.29 is 22.7 Å². The molecule has 3 amide bonds. The van der Waals surface area contributed by atoms with Gasteiger partial charge in [0.2, 0.25) is 0 Å². The van der Waals surface area contributed by atoms with E-state index in [2.05, 4.69) is 10.6 Å². The van der Waals surface area contributed by atoms with Crippen molar-refractivity contribution in [1.82, 2.24) is 19.2 Å². The van der Waals surface area contributed by atoms with Crippen LogP contribution in [0.15, 0.2) is 0 Å². The number of hydrogen-bond donors (Lipinski definition) is 2. The van der Waals surface area contributed by atoms with Crippen LogP contribution in [-0.4, -0.2) is 72.9 Å². The standard InChI is InChI=1S/C13H22N4O5S/c1-9-7-17(8-10(2)22-9)23(20,21)16-5-3-13(4-6-16)11(18)14-12(19)15-13/h9-10H,3-8H2,1-2H3,(H2,14,15,18,19)/t9-,10-/m1/s1. The van der Waals surface area contributed by atoms with Crippen molar-refractivity contribution in [1.29, 1.82) is 0 Å². The number of imide groups is 1. The van der Waals surface area contributed by atoms with Gasteiger partial charge >= 0.3 is 6.03 Å². The van der Waals surface area contributed by atoms with Crippen molar-refractivity contribution in [3.05, 3.63) is 0 Å². The molecule has 0 unspecified atom stereocenters. The molecule has 10 heteroatoms. The maximum absolute atomic E-state index is 12.8. The first-order valence-electron chi connectivity index (χ1n) is 7.77. The van der Waals surface area contributed by atoms with Crippen molar-refractivity contribution in [2.45, 2.75) is 44.4 Å². The molecule has 2 atom stereocenters. The van der Waals surface area contributed by atoms with Crippen LogP contribution < -0.4 is 10.6 Å². The van der Waals surface area contributed by atoms with Crippen LogP contribution >= 0.6 is 0 Å². The summed E-state index contributed by atoms with van der Waals surface area (Å²) in [5, 5.41) is 4.85. The van der Waals surface area contributed by atoms with Crippen molar-refractivity contribution >= 4 is 22.1 Å². The van der Waals surface area contributed by atoms with Crippen molar-refractivity contribution in [3.8, 4) is 0 Å². The SMILES string of the molecule is C[C@@H]1CN(S(=O)(=O)N2CCC3(CC2)NC(=O)NC3=O)C[C@@H](C)O1. The summed E-state index contributed by atoms with van der Waals surface area (Å²) < 4.78 is 34.0. The largest absolute Gasteiger partial charge is 0.373 e. The molecular weight excluding hydrogens is 324 g/mol. The summed E-state index contributed by atoms with van der Waals surface area (Å²) in [6, 6.07) is -0.512. The summed E-state index contributed by atoms with van der Waals surface area (Å²) in [7, 11) is -3.59. The highest BCUT2D eigenvalue weighted by Crippen LogP contribution is 2.28. The van der Waals surface area contributed by atoms with E-state index in [1.54, 1.807) is 0 Å². The zero-order valence-corrected chi connectivity index (χ0v) is 14.1. The molecule has 0 aromatic rings. The third-order valence-electron chi connectivity index (χ3n) is 4.63. The van der Waals surface area contributed by atoms with Crippen LogP contribution in [0.5, 0.6) is 0 Å². The molecule has 3 aliphatic rings. The van der Waals surface area contributed by atoms with Gasteiger partial charge in [-0.1, -0.05) is 0 Å². The molecule has 3 aliphatic heterocycles. The first-order chi connectivity index (χ1) is 10.7. The van der Waals surface area contributed by atoms with Crippen LogP contribution in [0.1, 0.15) is 26.7 Å². The molecule has 3 rings (SSSR count). The second-order valence-electron chi connectivity index (χ2n) is 6.47. The monoisotopic (exact) mass is 346 g/mol. The first kappa shape index (κ1) is 16.6. The fraction of sp³-hybridized carbons (Fsp3) is 0.846. The molecule has 9 nitrogen and oxygen atoms in total. The van der Waals surface area contributed by atoms with Crippen LogP contribution in [-0.2, 0) is 19.7 Å². The maximum Gasteiger partial charge on any atom is 0.322 e. The summed E-state index contributed by atoms with van der Waals surface area (Å²) in [5.74, 6) is -0.367. The topological polar surface area (TPSA) is 108 Å². The Hall–Kier alpha value is -1.23. The Balaban J connectivity index is 1.69. The number of carbonyl (C=O) groups is 2. The molecule has 3 fully saturated rings. The van der Waals surface area contributed by atoms with Crippen LogP contribution in [0.3, 0.4) is 0 Å². The molecule has 0 aliphatic carbocycles. The first-order valence-corrected chi connectivity index (χ1v) is 9.17. The van der Waals surface area contributed by atoms with Gasteiger partial charge in [0.05, 0.1) is 12.2 Å². The minimum atomic E-state index is -3.59. The zero-order valence-electron chi connectivity index (χ0n) is 13.2. The quantitative estimate of drug-likeness (QED) is 0.625. The van der Waals surface area contributed by atoms with Gasteiger partial charge in [0.1, 0.15) is 5.54 Å². The molecule has 0 bridgehead atoms. The lowest BCUT2D eigenvalue weighted by atomic mass is 9.89. The van der Waals surface area contributed by atoms with Crippen LogP contribution in [0, 0.1) is 0 Å². The van der Waals surface area contributed by atoms with E-state index >= 15 is 0 Å². The number of carbonyl (C=O) groups excluding carboxylic acids is 2. The molecule has 3 heterocycles. The number of urea groups is 1. The molecule has 130 valence electrons. The number of morpholine rings is 1. The minimum Gasteiger partial charge on any atom is -0.373 e. The Kier molecular flexibility index (Phi) is 4.11. The van der Waals surface area contributed by atoms with E-state index in [0.717, 1.165) is 0 Å². The van der Waals surface area contributed by atoms with E-state index in [0.29, 0.717) is 13.1 Å². The molecule has 23 heavy (non-hydrogen) atoms. The molecule has 2 N–H and O–H groups in total. The van der Waals surface area contributed by atoms with Crippen molar-refractivity contribution in [2.24, 2.45) is 0 Å². The summed E-state index contributed by atoms with van der Waals surface area (Å²) in [4.78, 5) is 23.2. The molecule has 3 saturated heterocycles. The Morgan fingerprint density at radius 3 is 2.13 bits per heavy atom. The van der Waals surface area contributed by atoms with Gasteiger partial charge in [-0.15, -0.1) is 0 Å². The second-order valence-corrected chi connectivity index (χ2v) is 8.40. The number of amides is 3. The third kappa shape index (κ3) is 2.95. The molecule has 0 saturated carbocycles. The smallest absolute Gasteiger partial charge is 0.322 e. The lowest BCUT2D eigenvalue weighted by Gasteiger charge is -2.41. The average molecular weight is 346 g/mol. The number of rotatable bonds is 2. The Bertz CT molecular complexity index is 604. The summed E-state index contributed by atoms with van der Waals surface area (Å²) in [5.41, 5.74) is -0.964. The Labute approximate surface area is 135 Å². The zero-order chi connectivity index (χ0) is 16.8. The van der Waals surface area contributed by atoms with E-state index in [9.17, 15) is 18.0 Å². The number of nitrogens with zero attached hydrogens (tertiary/aromatic N) is 2. The highest BCUT2D eigenvalue weighted by molar-refractivity contribution is 7.86. The minimum absolute atomic E-state index is 0.149. The number of ether oxygens (including phenoxy) is 1. The fourth-order valence-electron chi connectivity index (χ4n) is 3.46. The summed E-state index contributed by atoms with van der Waals surface area (Å²) >= 11 is 0. The normalized spacial score (nSPS) is 32.8. The average Bonchev–Trinajstić information content (AvgIpc) is 2.72. The van der Waals surface area contributed by atoms with Crippen LogP contribution in [0.25, 0.3) is 0 Å². The van der Waals surface area contributed by atoms with Gasteiger partial charge in [0, 0.05) is 26.2 Å². The van der Waals surface area contributed by atoms with E-state index in [1.165, 1.54) is 8.61 Å². The van der Waals surface area contributed by atoms with Gasteiger partial charge in [0.15, 0.2) is 0 Å².